The van der Waals surface area contributed by atoms with Gasteiger partial charge < -0.3 is 5.32 Å². The molecule has 0 bridgehead atoms. The molecule has 0 saturated heterocycles. The Morgan fingerprint density at radius 1 is 1.00 bits per heavy atom. The highest BCUT2D eigenvalue weighted by Gasteiger charge is 2.42. The smallest absolute Gasteiger partial charge is 0.263 e. The van der Waals surface area contributed by atoms with E-state index in [0.29, 0.717) is 21.7 Å². The van der Waals surface area contributed by atoms with Gasteiger partial charge in [-0.1, -0.05) is 78.0 Å². The van der Waals surface area contributed by atoms with Crippen molar-refractivity contribution in [3.05, 3.63) is 95.0 Å². The van der Waals surface area contributed by atoms with Gasteiger partial charge in [0.25, 0.3) is 5.91 Å². The molecule has 2 heterocycles. The highest BCUT2D eigenvalue weighted by Crippen LogP contribution is 2.37. The first-order valence-electron chi connectivity index (χ1n) is 9.94. The fraction of sp³-hybridized carbons (Fsp3) is 0.0833. The predicted octanol–water partition coefficient (Wildman–Crippen LogP) is 5.04. The molecule has 3 aromatic carbocycles. The summed E-state index contributed by atoms with van der Waals surface area (Å²) >= 11 is 7.32. The van der Waals surface area contributed by atoms with Crippen molar-refractivity contribution in [2.75, 3.05) is 11.1 Å². The minimum atomic E-state index is -0.639. The summed E-state index contributed by atoms with van der Waals surface area (Å²) in [6.45, 7) is 0. The third kappa shape index (κ3) is 3.81. The third-order valence-electron chi connectivity index (χ3n) is 5.07. The second-order valence-corrected chi connectivity index (χ2v) is 8.52. The number of carbonyl (C=O) groups is 2. The average Bonchev–Trinajstić information content (AvgIpc) is 3.17. The van der Waals surface area contributed by atoms with E-state index in [2.05, 4.69) is 10.3 Å². The van der Waals surface area contributed by atoms with Crippen molar-refractivity contribution in [3.63, 3.8) is 0 Å². The predicted molar refractivity (Wildman–Crippen MR) is 129 cm³/mol. The summed E-state index contributed by atoms with van der Waals surface area (Å²) in [4.78, 5) is 36.8. The lowest BCUT2D eigenvalue weighted by Crippen LogP contribution is -2.40. The molecule has 8 heteroatoms. The van der Waals surface area contributed by atoms with Crippen LogP contribution in [-0.2, 0) is 9.59 Å². The molecule has 2 aliphatic heterocycles. The number of benzene rings is 3. The maximum atomic E-state index is 13.3. The summed E-state index contributed by atoms with van der Waals surface area (Å²) in [5, 5.41) is 3.69. The van der Waals surface area contributed by atoms with Crippen LogP contribution >= 0.6 is 23.4 Å². The summed E-state index contributed by atoms with van der Waals surface area (Å²) < 4.78 is 0. The van der Waals surface area contributed by atoms with Gasteiger partial charge in [0, 0.05) is 5.56 Å². The monoisotopic (exact) mass is 460 g/mol. The number of nitrogens with zero attached hydrogens (tertiary/aromatic N) is 3. The largest absolute Gasteiger partial charge is 0.324 e. The number of fused-ring (bicyclic) bond motifs is 3. The minimum absolute atomic E-state index is 0.0687. The lowest BCUT2D eigenvalue weighted by molar-refractivity contribution is -0.124. The third-order valence-corrected chi connectivity index (χ3v) is 6.33. The number of anilines is 1. The Labute approximate surface area is 194 Å². The van der Waals surface area contributed by atoms with Crippen LogP contribution in [0.25, 0.3) is 0 Å². The van der Waals surface area contributed by atoms with Crippen molar-refractivity contribution < 1.29 is 9.59 Å². The Kier molecular flexibility index (Phi) is 5.51. The van der Waals surface area contributed by atoms with Crippen molar-refractivity contribution >= 4 is 57.6 Å². The maximum Gasteiger partial charge on any atom is 0.263 e. The normalized spacial score (nSPS) is 16.7. The Hall–Kier alpha value is -3.42. The highest BCUT2D eigenvalue weighted by atomic mass is 35.5. The average molecular weight is 461 g/mol. The molecule has 1 N–H and O–H groups in total. The first kappa shape index (κ1) is 20.5. The van der Waals surface area contributed by atoms with Crippen molar-refractivity contribution in [2.24, 2.45) is 9.98 Å². The summed E-state index contributed by atoms with van der Waals surface area (Å²) in [6.07, 6.45) is 0. The zero-order valence-electron chi connectivity index (χ0n) is 16.7. The second-order valence-electron chi connectivity index (χ2n) is 7.17. The lowest BCUT2D eigenvalue weighted by atomic mass is 10.1. The van der Waals surface area contributed by atoms with Gasteiger partial charge in [-0.05, 0) is 29.8 Å². The zero-order chi connectivity index (χ0) is 22.1. The van der Waals surface area contributed by atoms with Gasteiger partial charge in [0.15, 0.2) is 11.2 Å². The van der Waals surface area contributed by atoms with Gasteiger partial charge in [-0.2, -0.15) is 0 Å². The Morgan fingerprint density at radius 3 is 2.53 bits per heavy atom. The van der Waals surface area contributed by atoms with E-state index in [1.54, 1.807) is 24.3 Å². The van der Waals surface area contributed by atoms with Gasteiger partial charge in [0.05, 0.1) is 22.2 Å². The van der Waals surface area contributed by atoms with Crippen molar-refractivity contribution in [1.29, 1.82) is 0 Å². The molecule has 2 amide bonds. The Bertz CT molecular complexity index is 1280. The van der Waals surface area contributed by atoms with E-state index in [4.69, 9.17) is 16.6 Å². The number of hydrogen-bond donors (Lipinski definition) is 1. The van der Waals surface area contributed by atoms with Crippen LogP contribution < -0.4 is 5.32 Å². The second kappa shape index (κ2) is 8.61. The van der Waals surface area contributed by atoms with Crippen LogP contribution in [0.4, 0.5) is 11.4 Å². The number of thioether (sulfide) groups is 1. The van der Waals surface area contributed by atoms with Crippen molar-refractivity contribution in [2.45, 2.75) is 6.04 Å². The van der Waals surface area contributed by atoms with Gasteiger partial charge in [-0.25, -0.2) is 14.9 Å². The first-order chi connectivity index (χ1) is 15.6. The van der Waals surface area contributed by atoms with E-state index in [-0.39, 0.29) is 17.6 Å². The molecule has 6 nitrogen and oxygen atoms in total. The quantitative estimate of drug-likeness (QED) is 0.592. The Morgan fingerprint density at radius 2 is 1.72 bits per heavy atom. The molecule has 0 unspecified atom stereocenters. The number of carbonyl (C=O) groups excluding carboxylic acids is 2. The topological polar surface area (TPSA) is 74.1 Å². The molecular weight excluding hydrogens is 444 g/mol. The molecular formula is C24H17ClN4O2S. The molecule has 0 spiro atoms. The van der Waals surface area contributed by atoms with E-state index in [9.17, 15) is 9.59 Å². The van der Waals surface area contributed by atoms with E-state index in [0.717, 1.165) is 16.8 Å². The maximum absolute atomic E-state index is 13.3. The van der Waals surface area contributed by atoms with E-state index >= 15 is 0 Å². The van der Waals surface area contributed by atoms with Gasteiger partial charge in [0.2, 0.25) is 5.91 Å². The zero-order valence-corrected chi connectivity index (χ0v) is 18.3. The molecule has 3 aromatic rings. The SMILES string of the molecule is O=C(CSC1=Nc2ccccc2C2=N[C@@H](c3ccccc3)C(=O)N12)Nc1ccccc1Cl. The van der Waals surface area contributed by atoms with E-state index in [1.807, 2.05) is 54.6 Å². The van der Waals surface area contributed by atoms with Crippen LogP contribution in [0, 0.1) is 0 Å². The fourth-order valence-corrected chi connectivity index (χ4v) is 4.56. The molecule has 1 atom stereocenters. The Balaban J connectivity index is 1.41. The van der Waals surface area contributed by atoms with Crippen LogP contribution in [0.3, 0.4) is 0 Å². The first-order valence-corrected chi connectivity index (χ1v) is 11.3. The van der Waals surface area contributed by atoms with Gasteiger partial charge in [0.1, 0.15) is 5.84 Å². The number of aliphatic imine (C=N–C) groups is 2. The molecule has 158 valence electrons. The summed E-state index contributed by atoms with van der Waals surface area (Å²) in [6, 6.07) is 23.4. The molecule has 2 aliphatic rings. The van der Waals surface area contributed by atoms with Crippen LogP contribution in [-0.4, -0.2) is 33.5 Å². The number of hydrogen-bond acceptors (Lipinski definition) is 5. The molecule has 0 saturated carbocycles. The molecule has 0 aliphatic carbocycles. The van der Waals surface area contributed by atoms with Crippen LogP contribution in [0.15, 0.2) is 88.8 Å². The number of amidine groups is 2. The number of amides is 2. The lowest BCUT2D eigenvalue weighted by Gasteiger charge is -2.25. The molecule has 32 heavy (non-hydrogen) atoms. The van der Waals surface area contributed by atoms with Crippen molar-refractivity contribution in [3.8, 4) is 0 Å². The fourth-order valence-electron chi connectivity index (χ4n) is 3.58. The van der Waals surface area contributed by atoms with E-state index in [1.165, 1.54) is 16.7 Å². The standard InChI is InChI=1S/C24H17ClN4O2S/c25-17-11-5-7-13-19(17)26-20(30)14-32-24-27-18-12-6-4-10-16(18)22-28-21(23(31)29(22)24)15-8-2-1-3-9-15/h1-13,21H,14H2,(H,26,30)/t21-/m0/s1. The number of halogens is 1. The van der Waals surface area contributed by atoms with Crippen LogP contribution in [0.1, 0.15) is 17.2 Å². The number of rotatable bonds is 4. The molecule has 0 fully saturated rings. The van der Waals surface area contributed by atoms with Crippen LogP contribution in [0.5, 0.6) is 0 Å². The highest BCUT2D eigenvalue weighted by molar-refractivity contribution is 8.14. The van der Waals surface area contributed by atoms with Gasteiger partial charge in [-0.15, -0.1) is 0 Å². The summed E-state index contributed by atoms with van der Waals surface area (Å²) in [5.41, 5.74) is 2.87. The van der Waals surface area contributed by atoms with Crippen LogP contribution in [0.2, 0.25) is 5.02 Å². The number of para-hydroxylation sites is 2. The van der Waals surface area contributed by atoms with Gasteiger partial charge in [-0.3, -0.25) is 9.59 Å². The number of nitrogens with one attached hydrogen (secondary N) is 1. The van der Waals surface area contributed by atoms with Crippen molar-refractivity contribution in [1.82, 2.24) is 4.90 Å². The summed E-state index contributed by atoms with van der Waals surface area (Å²) in [7, 11) is 0. The summed E-state index contributed by atoms with van der Waals surface area (Å²) in [5.74, 6) is 0.204. The molecule has 5 rings (SSSR count). The molecule has 0 aromatic heterocycles. The minimum Gasteiger partial charge on any atom is -0.324 e. The molecule has 0 radical (unpaired) electrons. The van der Waals surface area contributed by atoms with E-state index < -0.39 is 6.04 Å². The van der Waals surface area contributed by atoms with Gasteiger partial charge >= 0.3 is 0 Å².